The molecule has 3 unspecified atom stereocenters. The summed E-state index contributed by atoms with van der Waals surface area (Å²) in [7, 11) is 0. The highest BCUT2D eigenvalue weighted by Gasteiger charge is 2.47. The first-order valence-corrected chi connectivity index (χ1v) is 12.4. The predicted molar refractivity (Wildman–Crippen MR) is 138 cm³/mol. The largest absolute Gasteiger partial charge is 0.464 e. The molecule has 1 saturated carbocycles. The third kappa shape index (κ3) is 3.52. The maximum Gasteiger partial charge on any atom is 0.340 e. The molecular formula is C30H30N2O3. The number of benzene rings is 2. The van der Waals surface area contributed by atoms with E-state index in [9.17, 15) is 4.79 Å². The molecule has 35 heavy (non-hydrogen) atoms. The van der Waals surface area contributed by atoms with Crippen molar-refractivity contribution in [3.63, 3.8) is 0 Å². The quantitative estimate of drug-likeness (QED) is 0.304. The fourth-order valence-corrected chi connectivity index (χ4v) is 5.78. The molecule has 5 nitrogen and oxygen atoms in total. The number of carbonyl (C=O) groups excluding carboxylic acids is 1. The Morgan fingerprint density at radius 3 is 2.57 bits per heavy atom. The molecule has 1 fully saturated rings. The molecule has 0 bridgehead atoms. The second-order valence-corrected chi connectivity index (χ2v) is 10.6. The molecule has 2 aliphatic carbocycles. The van der Waals surface area contributed by atoms with E-state index in [-0.39, 0.29) is 6.61 Å². The van der Waals surface area contributed by atoms with Crippen LogP contribution in [-0.2, 0) is 14.3 Å². The van der Waals surface area contributed by atoms with E-state index in [0.29, 0.717) is 11.8 Å². The third-order valence-corrected chi connectivity index (χ3v) is 7.17. The highest BCUT2D eigenvalue weighted by molar-refractivity contribution is 6.08. The lowest BCUT2D eigenvalue weighted by atomic mass is 9.88. The number of hydrogen-bond acceptors (Lipinski definition) is 5. The lowest BCUT2D eigenvalue weighted by Crippen LogP contribution is -2.30. The van der Waals surface area contributed by atoms with Gasteiger partial charge in [-0.05, 0) is 76.1 Å². The number of aryl methyl sites for hydroxylation is 1. The maximum atomic E-state index is 13.3. The average molecular weight is 467 g/mol. The smallest absolute Gasteiger partial charge is 0.340 e. The Balaban J connectivity index is 1.69. The molecule has 4 aromatic rings. The number of nitrogens with zero attached hydrogens (tertiary/aromatic N) is 2. The summed E-state index contributed by atoms with van der Waals surface area (Å²) in [6.07, 6.45) is 2.26. The van der Waals surface area contributed by atoms with Crippen LogP contribution < -0.4 is 0 Å². The van der Waals surface area contributed by atoms with Crippen molar-refractivity contribution >= 4 is 27.8 Å². The van der Waals surface area contributed by atoms with Gasteiger partial charge in [-0.3, -0.25) is 9.97 Å². The Hall–Kier alpha value is -3.31. The van der Waals surface area contributed by atoms with Crippen molar-refractivity contribution in [3.8, 4) is 11.1 Å². The van der Waals surface area contributed by atoms with Gasteiger partial charge in [0.05, 0.1) is 23.2 Å². The Bertz CT molecular complexity index is 1490. The lowest BCUT2D eigenvalue weighted by molar-refractivity contribution is -0.166. The number of carbonyl (C=O) groups is 1. The number of hydrogen-bond donors (Lipinski definition) is 0. The van der Waals surface area contributed by atoms with E-state index >= 15 is 0 Å². The van der Waals surface area contributed by atoms with Gasteiger partial charge in [-0.25, -0.2) is 4.79 Å². The molecule has 3 atom stereocenters. The zero-order chi connectivity index (χ0) is 24.5. The normalized spacial score (nSPS) is 19.1. The first-order valence-electron chi connectivity index (χ1n) is 12.4. The minimum atomic E-state index is -0.904. The second kappa shape index (κ2) is 7.85. The van der Waals surface area contributed by atoms with Crippen molar-refractivity contribution in [1.82, 2.24) is 9.97 Å². The SMILES string of the molecule is CCOC(=O)C(OC(C)(C)C)c1c(C)nc2ccccc2c1-c1ccc2c3c(ccnc13)C1CC21. The van der Waals surface area contributed by atoms with E-state index in [2.05, 4.69) is 24.3 Å². The molecule has 0 amide bonds. The molecule has 2 aromatic heterocycles. The van der Waals surface area contributed by atoms with Crippen molar-refractivity contribution < 1.29 is 14.3 Å². The summed E-state index contributed by atoms with van der Waals surface area (Å²) in [5, 5.41) is 2.26. The van der Waals surface area contributed by atoms with E-state index in [0.717, 1.165) is 38.8 Å². The van der Waals surface area contributed by atoms with Crippen LogP contribution >= 0.6 is 0 Å². The van der Waals surface area contributed by atoms with E-state index in [1.165, 1.54) is 22.9 Å². The number of aromatic nitrogens is 2. The first-order chi connectivity index (χ1) is 16.8. The first kappa shape index (κ1) is 22.2. The van der Waals surface area contributed by atoms with Crippen molar-refractivity contribution in [2.75, 3.05) is 6.61 Å². The number of para-hydroxylation sites is 1. The Labute approximate surface area is 205 Å². The molecule has 2 aromatic carbocycles. The number of ether oxygens (including phenoxy) is 2. The summed E-state index contributed by atoms with van der Waals surface area (Å²) in [5.74, 6) is 0.847. The number of pyridine rings is 2. The Kier molecular flexibility index (Phi) is 4.98. The fourth-order valence-electron chi connectivity index (χ4n) is 5.78. The molecule has 0 saturated heterocycles. The molecule has 178 valence electrons. The van der Waals surface area contributed by atoms with Crippen LogP contribution in [0.3, 0.4) is 0 Å². The maximum absolute atomic E-state index is 13.3. The summed E-state index contributed by atoms with van der Waals surface area (Å²) in [4.78, 5) is 23.1. The third-order valence-electron chi connectivity index (χ3n) is 7.17. The fraction of sp³-hybridized carbons (Fsp3) is 0.367. The van der Waals surface area contributed by atoms with E-state index in [4.69, 9.17) is 19.4 Å². The molecule has 0 aliphatic heterocycles. The zero-order valence-electron chi connectivity index (χ0n) is 20.9. The topological polar surface area (TPSA) is 61.3 Å². The second-order valence-electron chi connectivity index (χ2n) is 10.6. The van der Waals surface area contributed by atoms with Crippen LogP contribution in [-0.4, -0.2) is 28.1 Å². The lowest BCUT2D eigenvalue weighted by Gasteiger charge is -2.29. The van der Waals surface area contributed by atoms with Crippen LogP contribution in [0, 0.1) is 6.92 Å². The molecule has 2 heterocycles. The van der Waals surface area contributed by atoms with Crippen molar-refractivity contribution in [2.24, 2.45) is 0 Å². The monoisotopic (exact) mass is 466 g/mol. The summed E-state index contributed by atoms with van der Waals surface area (Å²) in [6.45, 7) is 9.91. The standard InChI is InChI=1S/C30H30N2O3/c1-6-34-29(33)28(35-30(3,4)5)24-16(2)32-23-10-8-7-9-19(23)25(24)20-12-11-17-21-15-22(21)18-13-14-31-27(20)26(17)18/h7-14,21-22,28H,6,15H2,1-5H3. The average Bonchev–Trinajstić information content (AvgIpc) is 3.55. The minimum absolute atomic E-state index is 0.281. The Morgan fingerprint density at radius 2 is 1.83 bits per heavy atom. The van der Waals surface area contributed by atoms with Crippen LogP contribution in [0.4, 0.5) is 0 Å². The van der Waals surface area contributed by atoms with Gasteiger partial charge in [0.1, 0.15) is 0 Å². The summed E-state index contributed by atoms with van der Waals surface area (Å²) >= 11 is 0. The van der Waals surface area contributed by atoms with Gasteiger partial charge in [0.25, 0.3) is 0 Å². The Morgan fingerprint density at radius 1 is 1.09 bits per heavy atom. The van der Waals surface area contributed by atoms with Crippen LogP contribution in [0.25, 0.3) is 32.9 Å². The number of fused-ring (bicyclic) bond motifs is 4. The van der Waals surface area contributed by atoms with Gasteiger partial charge in [-0.15, -0.1) is 0 Å². The summed E-state index contributed by atoms with van der Waals surface area (Å²) < 4.78 is 11.9. The van der Waals surface area contributed by atoms with Crippen molar-refractivity contribution in [1.29, 1.82) is 0 Å². The van der Waals surface area contributed by atoms with Gasteiger partial charge < -0.3 is 9.47 Å². The van der Waals surface area contributed by atoms with Crippen LogP contribution in [0.2, 0.25) is 0 Å². The predicted octanol–water partition coefficient (Wildman–Crippen LogP) is 6.76. The van der Waals surface area contributed by atoms with Gasteiger partial charge in [-0.1, -0.05) is 30.3 Å². The zero-order valence-corrected chi connectivity index (χ0v) is 20.9. The molecule has 0 spiro atoms. The van der Waals surface area contributed by atoms with Gasteiger partial charge in [0.2, 0.25) is 0 Å². The number of esters is 1. The molecule has 5 heteroatoms. The molecule has 0 radical (unpaired) electrons. The van der Waals surface area contributed by atoms with Crippen LogP contribution in [0.15, 0.2) is 48.7 Å². The van der Waals surface area contributed by atoms with Gasteiger partial charge in [-0.2, -0.15) is 0 Å². The number of rotatable bonds is 5. The highest BCUT2D eigenvalue weighted by Crippen LogP contribution is 2.63. The van der Waals surface area contributed by atoms with Gasteiger partial charge in [0.15, 0.2) is 6.10 Å². The van der Waals surface area contributed by atoms with E-state index in [1.807, 2.05) is 59.0 Å². The van der Waals surface area contributed by atoms with Crippen molar-refractivity contribution in [2.45, 2.75) is 64.6 Å². The van der Waals surface area contributed by atoms with Crippen LogP contribution in [0.1, 0.15) is 74.4 Å². The molecule has 6 rings (SSSR count). The molecular weight excluding hydrogens is 436 g/mol. The highest BCUT2D eigenvalue weighted by atomic mass is 16.6. The molecule has 0 N–H and O–H groups in total. The minimum Gasteiger partial charge on any atom is -0.464 e. The van der Waals surface area contributed by atoms with Crippen molar-refractivity contribution in [3.05, 3.63) is 71.0 Å². The van der Waals surface area contributed by atoms with Gasteiger partial charge in [0, 0.05) is 39.4 Å². The summed E-state index contributed by atoms with van der Waals surface area (Å²) in [5.41, 5.74) is 7.59. The molecule has 2 aliphatic rings. The van der Waals surface area contributed by atoms with E-state index < -0.39 is 17.7 Å². The van der Waals surface area contributed by atoms with Gasteiger partial charge >= 0.3 is 5.97 Å². The van der Waals surface area contributed by atoms with Crippen LogP contribution in [0.5, 0.6) is 0 Å². The summed E-state index contributed by atoms with van der Waals surface area (Å²) in [6, 6.07) is 14.7. The van der Waals surface area contributed by atoms with E-state index in [1.54, 1.807) is 0 Å².